The van der Waals surface area contributed by atoms with E-state index < -0.39 is 0 Å². The Balaban J connectivity index is 1.86. The van der Waals surface area contributed by atoms with Gasteiger partial charge in [-0.2, -0.15) is 0 Å². The molecule has 0 amide bonds. The number of aryl methyl sites for hydroxylation is 1. The molecule has 1 saturated carbocycles. The quantitative estimate of drug-likeness (QED) is 0.778. The van der Waals surface area contributed by atoms with E-state index in [2.05, 4.69) is 10.7 Å². The Morgan fingerprint density at radius 2 is 2.27 bits per heavy atom. The molecule has 0 saturated heterocycles. The fraction of sp³-hybridized carbons (Fsp3) is 0.750. The van der Waals surface area contributed by atoms with Crippen molar-refractivity contribution in [2.75, 3.05) is 13.6 Å². The molecule has 1 aromatic heterocycles. The lowest BCUT2D eigenvalue weighted by molar-refractivity contribution is 0.694. The summed E-state index contributed by atoms with van der Waals surface area (Å²) in [7, 11) is 2.00. The summed E-state index contributed by atoms with van der Waals surface area (Å²) >= 11 is 1.87. The standard InChI is InChI=1S/C12H20N2S/c1-13-8-4-7-11-9-15-12(14-11)10-5-2-3-6-10/h9-10,13H,2-8H2,1H3. The van der Waals surface area contributed by atoms with E-state index in [1.54, 1.807) is 0 Å². The molecule has 1 N–H and O–H groups in total. The second-order valence-corrected chi connectivity index (χ2v) is 5.26. The molecule has 0 aliphatic heterocycles. The van der Waals surface area contributed by atoms with Crippen LogP contribution in [0, 0.1) is 0 Å². The molecule has 1 aliphatic rings. The van der Waals surface area contributed by atoms with Crippen molar-refractivity contribution in [3.63, 3.8) is 0 Å². The third-order valence-corrected chi connectivity index (χ3v) is 4.19. The molecule has 84 valence electrons. The highest BCUT2D eigenvalue weighted by molar-refractivity contribution is 7.09. The first kappa shape index (κ1) is 11.1. The van der Waals surface area contributed by atoms with Crippen LogP contribution in [0.1, 0.15) is 48.7 Å². The van der Waals surface area contributed by atoms with Crippen molar-refractivity contribution in [2.24, 2.45) is 0 Å². The molecule has 1 aromatic rings. The highest BCUT2D eigenvalue weighted by Gasteiger charge is 2.19. The normalized spacial score (nSPS) is 17.4. The van der Waals surface area contributed by atoms with Crippen LogP contribution in [0.2, 0.25) is 0 Å². The smallest absolute Gasteiger partial charge is 0.0959 e. The molecule has 0 spiro atoms. The maximum absolute atomic E-state index is 4.75. The van der Waals surface area contributed by atoms with Gasteiger partial charge in [0.05, 0.1) is 10.7 Å². The first-order valence-electron chi connectivity index (χ1n) is 5.99. The Kier molecular flexibility index (Phi) is 4.15. The topological polar surface area (TPSA) is 24.9 Å². The molecular formula is C12H20N2S. The zero-order valence-electron chi connectivity index (χ0n) is 9.46. The van der Waals surface area contributed by atoms with Gasteiger partial charge >= 0.3 is 0 Å². The summed E-state index contributed by atoms with van der Waals surface area (Å²) in [6.45, 7) is 1.09. The highest BCUT2D eigenvalue weighted by atomic mass is 32.1. The van der Waals surface area contributed by atoms with Crippen molar-refractivity contribution in [2.45, 2.75) is 44.4 Å². The van der Waals surface area contributed by atoms with Gasteiger partial charge in [0.25, 0.3) is 0 Å². The van der Waals surface area contributed by atoms with Gasteiger partial charge < -0.3 is 5.32 Å². The number of hydrogen-bond donors (Lipinski definition) is 1. The van der Waals surface area contributed by atoms with Crippen LogP contribution in [0.5, 0.6) is 0 Å². The fourth-order valence-electron chi connectivity index (χ4n) is 2.24. The van der Waals surface area contributed by atoms with E-state index >= 15 is 0 Å². The van der Waals surface area contributed by atoms with Crippen LogP contribution in [-0.2, 0) is 6.42 Å². The van der Waals surface area contributed by atoms with Crippen LogP contribution in [0.25, 0.3) is 0 Å². The van der Waals surface area contributed by atoms with E-state index in [0.717, 1.165) is 18.9 Å². The van der Waals surface area contributed by atoms with Crippen LogP contribution in [0.4, 0.5) is 0 Å². The number of aromatic nitrogens is 1. The monoisotopic (exact) mass is 224 g/mol. The molecule has 15 heavy (non-hydrogen) atoms. The first-order valence-corrected chi connectivity index (χ1v) is 6.87. The second kappa shape index (κ2) is 5.61. The molecule has 1 aliphatic carbocycles. The van der Waals surface area contributed by atoms with Crippen molar-refractivity contribution in [3.05, 3.63) is 16.1 Å². The summed E-state index contributed by atoms with van der Waals surface area (Å²) in [6, 6.07) is 0. The molecule has 2 nitrogen and oxygen atoms in total. The zero-order chi connectivity index (χ0) is 10.5. The summed E-state index contributed by atoms with van der Waals surface area (Å²) < 4.78 is 0. The summed E-state index contributed by atoms with van der Waals surface area (Å²) in [4.78, 5) is 4.75. The Morgan fingerprint density at radius 1 is 1.47 bits per heavy atom. The maximum Gasteiger partial charge on any atom is 0.0959 e. The summed E-state index contributed by atoms with van der Waals surface area (Å²) in [5.41, 5.74) is 1.30. The van der Waals surface area contributed by atoms with Crippen molar-refractivity contribution in [3.8, 4) is 0 Å². The Labute approximate surface area is 96.1 Å². The molecule has 0 radical (unpaired) electrons. The number of rotatable bonds is 5. The minimum atomic E-state index is 0.785. The number of thiazole rings is 1. The Hall–Kier alpha value is -0.410. The predicted octanol–water partition coefficient (Wildman–Crippen LogP) is 2.95. The van der Waals surface area contributed by atoms with Crippen molar-refractivity contribution >= 4 is 11.3 Å². The van der Waals surface area contributed by atoms with E-state index in [9.17, 15) is 0 Å². The van der Waals surface area contributed by atoms with Crippen LogP contribution < -0.4 is 5.32 Å². The van der Waals surface area contributed by atoms with Gasteiger partial charge in [0.1, 0.15) is 0 Å². The van der Waals surface area contributed by atoms with E-state index in [0.29, 0.717) is 0 Å². The molecule has 3 heteroatoms. The van der Waals surface area contributed by atoms with Crippen LogP contribution >= 0.6 is 11.3 Å². The molecule has 1 heterocycles. The average molecular weight is 224 g/mol. The summed E-state index contributed by atoms with van der Waals surface area (Å²) in [5, 5.41) is 6.82. The highest BCUT2D eigenvalue weighted by Crippen LogP contribution is 2.35. The molecular weight excluding hydrogens is 204 g/mol. The van der Waals surface area contributed by atoms with Gasteiger partial charge in [-0.25, -0.2) is 4.98 Å². The molecule has 0 aromatic carbocycles. The maximum atomic E-state index is 4.75. The van der Waals surface area contributed by atoms with Gasteiger partial charge in [0, 0.05) is 11.3 Å². The fourth-order valence-corrected chi connectivity index (χ4v) is 3.27. The van der Waals surface area contributed by atoms with Gasteiger partial charge in [-0.05, 0) is 39.3 Å². The predicted molar refractivity (Wildman–Crippen MR) is 65.6 cm³/mol. The SMILES string of the molecule is CNCCCc1csc(C2CCCC2)n1. The van der Waals surface area contributed by atoms with Gasteiger partial charge in [0.15, 0.2) is 0 Å². The van der Waals surface area contributed by atoms with Gasteiger partial charge in [-0.3, -0.25) is 0 Å². The van der Waals surface area contributed by atoms with Crippen molar-refractivity contribution in [1.82, 2.24) is 10.3 Å². The molecule has 2 rings (SSSR count). The number of nitrogens with zero attached hydrogens (tertiary/aromatic N) is 1. The lowest BCUT2D eigenvalue weighted by Gasteiger charge is -2.02. The Bertz CT molecular complexity index is 290. The largest absolute Gasteiger partial charge is 0.320 e. The first-order chi connectivity index (χ1) is 7.40. The average Bonchev–Trinajstić information content (AvgIpc) is 2.87. The van der Waals surface area contributed by atoms with Crippen LogP contribution in [0.15, 0.2) is 5.38 Å². The molecule has 0 unspecified atom stereocenters. The van der Waals surface area contributed by atoms with E-state index in [-0.39, 0.29) is 0 Å². The lowest BCUT2D eigenvalue weighted by Crippen LogP contribution is -2.08. The lowest BCUT2D eigenvalue weighted by atomic mass is 10.1. The minimum Gasteiger partial charge on any atom is -0.320 e. The third kappa shape index (κ3) is 3.02. The Morgan fingerprint density at radius 3 is 3.00 bits per heavy atom. The van der Waals surface area contributed by atoms with Crippen molar-refractivity contribution in [1.29, 1.82) is 0 Å². The van der Waals surface area contributed by atoms with Crippen LogP contribution in [-0.4, -0.2) is 18.6 Å². The molecule has 0 bridgehead atoms. The molecule has 1 fully saturated rings. The van der Waals surface area contributed by atoms with E-state index in [1.165, 1.54) is 42.8 Å². The van der Waals surface area contributed by atoms with Crippen LogP contribution in [0.3, 0.4) is 0 Å². The summed E-state index contributed by atoms with van der Waals surface area (Å²) in [5.74, 6) is 0.785. The number of hydrogen-bond acceptors (Lipinski definition) is 3. The van der Waals surface area contributed by atoms with Gasteiger partial charge in [0.2, 0.25) is 0 Å². The van der Waals surface area contributed by atoms with Gasteiger partial charge in [-0.1, -0.05) is 12.8 Å². The summed E-state index contributed by atoms with van der Waals surface area (Å²) in [6.07, 6.45) is 7.86. The van der Waals surface area contributed by atoms with E-state index in [1.807, 2.05) is 18.4 Å². The second-order valence-electron chi connectivity index (χ2n) is 4.37. The van der Waals surface area contributed by atoms with Gasteiger partial charge in [-0.15, -0.1) is 11.3 Å². The van der Waals surface area contributed by atoms with Crippen molar-refractivity contribution < 1.29 is 0 Å². The molecule has 0 atom stereocenters. The third-order valence-electron chi connectivity index (χ3n) is 3.13. The zero-order valence-corrected chi connectivity index (χ0v) is 10.3. The minimum absolute atomic E-state index is 0.785. The number of nitrogens with one attached hydrogen (secondary N) is 1. The van der Waals surface area contributed by atoms with E-state index in [4.69, 9.17) is 4.98 Å².